The van der Waals surface area contributed by atoms with Crippen molar-refractivity contribution in [3.63, 3.8) is 0 Å². The lowest BCUT2D eigenvalue weighted by Crippen LogP contribution is -1.89. The standard InChI is InChI=1S/C8H7ClN2O/c1-6-4-7(9)2-3-8(6)11-10-5-12/h2-4,11H,1H3. The van der Waals surface area contributed by atoms with Crippen LogP contribution >= 0.6 is 11.6 Å². The molecule has 0 saturated carbocycles. The predicted molar refractivity (Wildman–Crippen MR) is 47.9 cm³/mol. The smallest absolute Gasteiger partial charge is 0.258 e. The molecule has 0 aliphatic carbocycles. The third kappa shape index (κ3) is 2.09. The summed E-state index contributed by atoms with van der Waals surface area (Å²) in [4.78, 5) is 9.78. The van der Waals surface area contributed by atoms with Gasteiger partial charge in [0, 0.05) is 5.02 Å². The predicted octanol–water partition coefficient (Wildman–Crippen LogP) is 2.31. The first-order chi connectivity index (χ1) is 5.74. The number of carbonyl (C=O) groups excluding carboxylic acids is 1. The number of nitrogens with zero attached hydrogens (tertiary/aromatic N) is 1. The summed E-state index contributed by atoms with van der Waals surface area (Å²) in [6.45, 7) is 1.87. The molecule has 0 aliphatic rings. The molecule has 1 aromatic rings. The maximum absolute atomic E-state index is 9.78. The van der Waals surface area contributed by atoms with Crippen LogP contribution in [0, 0.1) is 6.92 Å². The van der Waals surface area contributed by atoms with Crippen molar-refractivity contribution in [2.24, 2.45) is 5.10 Å². The molecule has 0 unspecified atom stereocenters. The molecular weight excluding hydrogens is 176 g/mol. The van der Waals surface area contributed by atoms with Crippen molar-refractivity contribution >= 4 is 23.4 Å². The van der Waals surface area contributed by atoms with E-state index in [0.717, 1.165) is 11.3 Å². The number of halogens is 1. The number of hydrogen-bond acceptors (Lipinski definition) is 3. The van der Waals surface area contributed by atoms with E-state index in [1.807, 2.05) is 6.92 Å². The molecule has 0 aliphatic heterocycles. The Morgan fingerprint density at radius 2 is 2.33 bits per heavy atom. The molecular formula is C8H7ClN2O. The zero-order chi connectivity index (χ0) is 8.97. The van der Waals surface area contributed by atoms with Crippen LogP contribution in [0.4, 0.5) is 5.69 Å². The van der Waals surface area contributed by atoms with Crippen LogP contribution < -0.4 is 5.43 Å². The highest BCUT2D eigenvalue weighted by molar-refractivity contribution is 6.30. The molecule has 0 radical (unpaired) electrons. The summed E-state index contributed by atoms with van der Waals surface area (Å²) in [7, 11) is 0. The molecule has 1 aromatic carbocycles. The second kappa shape index (κ2) is 3.90. The molecule has 4 heteroatoms. The molecule has 3 nitrogen and oxygen atoms in total. The normalized spacial score (nSPS) is 8.83. The van der Waals surface area contributed by atoms with Crippen LogP contribution in [-0.4, -0.2) is 6.08 Å². The van der Waals surface area contributed by atoms with E-state index >= 15 is 0 Å². The van der Waals surface area contributed by atoms with Gasteiger partial charge in [0.25, 0.3) is 6.08 Å². The number of benzene rings is 1. The number of hydrazone groups is 1. The maximum Gasteiger partial charge on any atom is 0.258 e. The molecule has 0 atom stereocenters. The summed E-state index contributed by atoms with van der Waals surface area (Å²) in [6.07, 6.45) is 1.39. The summed E-state index contributed by atoms with van der Waals surface area (Å²) in [5, 5.41) is 3.89. The van der Waals surface area contributed by atoms with Crippen molar-refractivity contribution in [2.45, 2.75) is 6.92 Å². The van der Waals surface area contributed by atoms with Crippen molar-refractivity contribution in [2.75, 3.05) is 5.43 Å². The minimum Gasteiger partial charge on any atom is -0.267 e. The zero-order valence-electron chi connectivity index (χ0n) is 6.47. The molecule has 0 bridgehead atoms. The van der Waals surface area contributed by atoms with E-state index < -0.39 is 0 Å². The van der Waals surface area contributed by atoms with E-state index in [-0.39, 0.29) is 0 Å². The van der Waals surface area contributed by atoms with Gasteiger partial charge in [-0.25, -0.2) is 4.79 Å². The van der Waals surface area contributed by atoms with Gasteiger partial charge in [-0.3, -0.25) is 5.43 Å². The lowest BCUT2D eigenvalue weighted by Gasteiger charge is -2.02. The molecule has 1 N–H and O–H groups in total. The first kappa shape index (κ1) is 8.78. The van der Waals surface area contributed by atoms with Crippen LogP contribution in [0.1, 0.15) is 5.56 Å². The van der Waals surface area contributed by atoms with Crippen LogP contribution in [0.3, 0.4) is 0 Å². The largest absolute Gasteiger partial charge is 0.267 e. The topological polar surface area (TPSA) is 41.5 Å². The Bertz CT molecular complexity index is 332. The van der Waals surface area contributed by atoms with Crippen LogP contribution in [0.5, 0.6) is 0 Å². The Hall–Kier alpha value is -1.31. The van der Waals surface area contributed by atoms with Gasteiger partial charge in [-0.2, -0.15) is 0 Å². The summed E-state index contributed by atoms with van der Waals surface area (Å²) in [6, 6.07) is 5.25. The zero-order valence-corrected chi connectivity index (χ0v) is 7.22. The molecule has 0 amide bonds. The third-order valence-corrected chi connectivity index (χ3v) is 1.65. The van der Waals surface area contributed by atoms with Gasteiger partial charge in [0.2, 0.25) is 0 Å². The molecule has 0 heterocycles. The number of hydrogen-bond donors (Lipinski definition) is 1. The average Bonchev–Trinajstić information content (AvgIpc) is 2.03. The molecule has 0 spiro atoms. The summed E-state index contributed by atoms with van der Waals surface area (Å²) >= 11 is 5.72. The van der Waals surface area contributed by atoms with E-state index in [1.54, 1.807) is 18.2 Å². The van der Waals surface area contributed by atoms with Gasteiger partial charge in [-0.05, 0) is 30.7 Å². The Labute approximate surface area is 75.0 Å². The first-order valence-electron chi connectivity index (χ1n) is 3.33. The van der Waals surface area contributed by atoms with E-state index in [1.165, 1.54) is 6.08 Å². The van der Waals surface area contributed by atoms with Gasteiger partial charge in [-0.15, -0.1) is 0 Å². The van der Waals surface area contributed by atoms with Gasteiger partial charge in [0.1, 0.15) is 0 Å². The number of aryl methyl sites for hydroxylation is 1. The Morgan fingerprint density at radius 1 is 1.58 bits per heavy atom. The molecule has 12 heavy (non-hydrogen) atoms. The highest BCUT2D eigenvalue weighted by Gasteiger charge is 1.96. The Balaban J connectivity index is 2.93. The fraction of sp³-hybridized carbons (Fsp3) is 0.125. The Morgan fingerprint density at radius 3 is 2.92 bits per heavy atom. The average molecular weight is 183 g/mol. The molecule has 0 saturated heterocycles. The number of anilines is 1. The van der Waals surface area contributed by atoms with E-state index in [4.69, 9.17) is 11.6 Å². The van der Waals surface area contributed by atoms with Crippen LogP contribution in [0.15, 0.2) is 23.3 Å². The lowest BCUT2D eigenvalue weighted by molar-refractivity contribution is 0.564. The van der Waals surface area contributed by atoms with Gasteiger partial charge >= 0.3 is 0 Å². The number of rotatable bonds is 2. The van der Waals surface area contributed by atoms with Crippen molar-refractivity contribution in [3.8, 4) is 0 Å². The fourth-order valence-corrected chi connectivity index (χ4v) is 1.06. The lowest BCUT2D eigenvalue weighted by atomic mass is 10.2. The highest BCUT2D eigenvalue weighted by Crippen LogP contribution is 2.19. The van der Waals surface area contributed by atoms with Gasteiger partial charge in [0.05, 0.1) is 5.69 Å². The third-order valence-electron chi connectivity index (χ3n) is 1.41. The molecule has 62 valence electrons. The Kier molecular flexibility index (Phi) is 2.86. The summed E-state index contributed by atoms with van der Waals surface area (Å²) in [5.74, 6) is 0. The van der Waals surface area contributed by atoms with E-state index in [2.05, 4.69) is 10.5 Å². The van der Waals surface area contributed by atoms with Crippen LogP contribution in [0.2, 0.25) is 5.02 Å². The minimum absolute atomic E-state index is 0.660. The van der Waals surface area contributed by atoms with Crippen LogP contribution in [0.25, 0.3) is 0 Å². The second-order valence-corrected chi connectivity index (χ2v) is 2.71. The van der Waals surface area contributed by atoms with Gasteiger partial charge in [-0.1, -0.05) is 16.7 Å². The monoisotopic (exact) mass is 182 g/mol. The van der Waals surface area contributed by atoms with Crippen molar-refractivity contribution in [1.82, 2.24) is 0 Å². The first-order valence-corrected chi connectivity index (χ1v) is 3.71. The van der Waals surface area contributed by atoms with Crippen molar-refractivity contribution in [1.29, 1.82) is 0 Å². The quantitative estimate of drug-likeness (QED) is 0.433. The highest BCUT2D eigenvalue weighted by atomic mass is 35.5. The molecule has 1 rings (SSSR count). The second-order valence-electron chi connectivity index (χ2n) is 2.27. The van der Waals surface area contributed by atoms with E-state index in [0.29, 0.717) is 5.02 Å². The minimum atomic E-state index is 0.660. The summed E-state index contributed by atoms with van der Waals surface area (Å²) < 4.78 is 0. The van der Waals surface area contributed by atoms with Crippen LogP contribution in [-0.2, 0) is 4.79 Å². The SMILES string of the molecule is Cc1cc(Cl)ccc1NN=C=O. The van der Waals surface area contributed by atoms with Crippen molar-refractivity contribution in [3.05, 3.63) is 28.8 Å². The van der Waals surface area contributed by atoms with Crippen molar-refractivity contribution < 1.29 is 4.79 Å². The van der Waals surface area contributed by atoms with E-state index in [9.17, 15) is 4.79 Å². The fourth-order valence-electron chi connectivity index (χ4n) is 0.836. The summed E-state index contributed by atoms with van der Waals surface area (Å²) in [5.41, 5.74) is 4.22. The van der Waals surface area contributed by atoms with Gasteiger partial charge < -0.3 is 0 Å². The molecule has 0 fully saturated rings. The maximum atomic E-state index is 9.78. The number of isocyanates is 1. The van der Waals surface area contributed by atoms with Gasteiger partial charge in [0.15, 0.2) is 0 Å². The molecule has 0 aromatic heterocycles. The number of nitrogens with one attached hydrogen (secondary N) is 1.